The van der Waals surface area contributed by atoms with Crippen molar-refractivity contribution in [1.82, 2.24) is 0 Å². The van der Waals surface area contributed by atoms with Gasteiger partial charge in [-0.05, 0) is 43.4 Å². The SMILES string of the molecule is C[C@]12CC[C@H](C1)[C@H](O)CC2. The van der Waals surface area contributed by atoms with E-state index in [0.29, 0.717) is 11.3 Å². The minimum absolute atomic E-state index is 0.0376. The van der Waals surface area contributed by atoms with Crippen LogP contribution in [0.2, 0.25) is 0 Å². The normalized spacial score (nSPS) is 53.4. The maximum atomic E-state index is 9.51. The molecule has 2 rings (SSSR count). The smallest absolute Gasteiger partial charge is 0.0568 e. The first-order chi connectivity index (χ1) is 4.70. The van der Waals surface area contributed by atoms with E-state index in [0.717, 1.165) is 6.42 Å². The quantitative estimate of drug-likeness (QED) is 0.545. The van der Waals surface area contributed by atoms with Gasteiger partial charge < -0.3 is 5.11 Å². The predicted octanol–water partition coefficient (Wildman–Crippen LogP) is 1.95. The van der Waals surface area contributed by atoms with Gasteiger partial charge in [0.1, 0.15) is 0 Å². The van der Waals surface area contributed by atoms with Gasteiger partial charge in [0.25, 0.3) is 0 Å². The molecule has 0 amide bonds. The second kappa shape index (κ2) is 1.97. The van der Waals surface area contributed by atoms with E-state index in [1.54, 1.807) is 0 Å². The molecule has 3 atom stereocenters. The Kier molecular flexibility index (Phi) is 1.31. The van der Waals surface area contributed by atoms with Gasteiger partial charge in [-0.15, -0.1) is 0 Å². The summed E-state index contributed by atoms with van der Waals surface area (Å²) in [6.07, 6.45) is 6.27. The van der Waals surface area contributed by atoms with Crippen molar-refractivity contribution < 1.29 is 5.11 Å². The monoisotopic (exact) mass is 140 g/mol. The summed E-state index contributed by atoms with van der Waals surface area (Å²) in [5.74, 6) is 0.652. The lowest BCUT2D eigenvalue weighted by molar-refractivity contribution is 0.0555. The van der Waals surface area contributed by atoms with Crippen LogP contribution in [0.15, 0.2) is 0 Å². The van der Waals surface area contributed by atoms with Gasteiger partial charge in [0, 0.05) is 0 Å². The average molecular weight is 140 g/mol. The highest BCUT2D eigenvalue weighted by Gasteiger charge is 2.42. The lowest BCUT2D eigenvalue weighted by Gasteiger charge is -2.31. The summed E-state index contributed by atoms with van der Waals surface area (Å²) in [5, 5.41) is 9.51. The minimum atomic E-state index is 0.0376. The van der Waals surface area contributed by atoms with Crippen molar-refractivity contribution in [2.45, 2.75) is 45.1 Å². The average Bonchev–Trinajstić information content (AvgIpc) is 2.23. The van der Waals surface area contributed by atoms with Crippen LogP contribution < -0.4 is 0 Å². The van der Waals surface area contributed by atoms with Gasteiger partial charge in [-0.2, -0.15) is 0 Å². The fourth-order valence-electron chi connectivity index (χ4n) is 2.66. The molecule has 0 heterocycles. The van der Waals surface area contributed by atoms with Crippen molar-refractivity contribution in [3.63, 3.8) is 0 Å². The zero-order chi connectivity index (χ0) is 7.19. The Balaban J connectivity index is 2.12. The van der Waals surface area contributed by atoms with E-state index in [1.807, 2.05) is 0 Å². The summed E-state index contributed by atoms with van der Waals surface area (Å²) in [7, 11) is 0. The molecule has 2 aliphatic rings. The van der Waals surface area contributed by atoms with Crippen LogP contribution in [0.4, 0.5) is 0 Å². The molecule has 0 saturated heterocycles. The van der Waals surface area contributed by atoms with E-state index >= 15 is 0 Å². The molecule has 2 fully saturated rings. The van der Waals surface area contributed by atoms with E-state index in [-0.39, 0.29) is 6.10 Å². The molecule has 0 aliphatic heterocycles. The number of rotatable bonds is 0. The molecule has 58 valence electrons. The fourth-order valence-corrected chi connectivity index (χ4v) is 2.66. The number of aliphatic hydroxyl groups excluding tert-OH is 1. The summed E-state index contributed by atoms with van der Waals surface area (Å²) < 4.78 is 0. The van der Waals surface area contributed by atoms with Crippen molar-refractivity contribution in [1.29, 1.82) is 0 Å². The highest BCUT2D eigenvalue weighted by molar-refractivity contribution is 4.93. The molecular weight excluding hydrogens is 124 g/mol. The molecule has 0 radical (unpaired) electrons. The molecule has 10 heavy (non-hydrogen) atoms. The molecule has 0 spiro atoms. The van der Waals surface area contributed by atoms with Gasteiger partial charge in [-0.3, -0.25) is 0 Å². The maximum absolute atomic E-state index is 9.51. The summed E-state index contributed by atoms with van der Waals surface area (Å²) in [4.78, 5) is 0. The van der Waals surface area contributed by atoms with Crippen molar-refractivity contribution in [2.24, 2.45) is 11.3 Å². The summed E-state index contributed by atoms with van der Waals surface area (Å²) in [6.45, 7) is 2.37. The summed E-state index contributed by atoms with van der Waals surface area (Å²) >= 11 is 0. The van der Waals surface area contributed by atoms with Gasteiger partial charge in [0.2, 0.25) is 0 Å². The first-order valence-corrected chi connectivity index (χ1v) is 4.38. The molecule has 0 aromatic heterocycles. The lowest BCUT2D eigenvalue weighted by atomic mass is 9.76. The molecule has 2 bridgehead atoms. The third kappa shape index (κ3) is 0.878. The van der Waals surface area contributed by atoms with Crippen LogP contribution in [0.5, 0.6) is 0 Å². The van der Waals surface area contributed by atoms with Crippen LogP contribution in [0, 0.1) is 11.3 Å². The highest BCUT2D eigenvalue weighted by Crippen LogP contribution is 2.50. The van der Waals surface area contributed by atoms with E-state index in [1.165, 1.54) is 25.7 Å². The molecule has 2 saturated carbocycles. The van der Waals surface area contributed by atoms with Gasteiger partial charge in [0.15, 0.2) is 0 Å². The van der Waals surface area contributed by atoms with Crippen LogP contribution in [-0.4, -0.2) is 11.2 Å². The second-order valence-electron chi connectivity index (χ2n) is 4.42. The van der Waals surface area contributed by atoms with Crippen molar-refractivity contribution in [2.75, 3.05) is 0 Å². The number of hydrogen-bond acceptors (Lipinski definition) is 1. The first-order valence-electron chi connectivity index (χ1n) is 4.38. The van der Waals surface area contributed by atoms with E-state index in [4.69, 9.17) is 0 Å². The Hall–Kier alpha value is -0.0400. The zero-order valence-corrected chi connectivity index (χ0v) is 6.64. The molecule has 1 nitrogen and oxygen atoms in total. The Morgan fingerprint density at radius 1 is 1.30 bits per heavy atom. The summed E-state index contributed by atoms with van der Waals surface area (Å²) in [5.41, 5.74) is 0.615. The Bertz CT molecular complexity index is 144. The third-order valence-corrected chi connectivity index (χ3v) is 3.46. The number of aliphatic hydroxyl groups is 1. The zero-order valence-electron chi connectivity index (χ0n) is 6.64. The van der Waals surface area contributed by atoms with Crippen molar-refractivity contribution >= 4 is 0 Å². The standard InChI is InChI=1S/C9H16O/c1-9-4-2-7(6-9)8(10)3-5-9/h7-8,10H,2-6H2,1H3/t7-,8-,9-/m1/s1. The van der Waals surface area contributed by atoms with Gasteiger partial charge in [-0.25, -0.2) is 0 Å². The molecule has 1 N–H and O–H groups in total. The van der Waals surface area contributed by atoms with Gasteiger partial charge >= 0.3 is 0 Å². The molecule has 1 heteroatoms. The Labute approximate surface area is 62.4 Å². The van der Waals surface area contributed by atoms with E-state index in [9.17, 15) is 5.11 Å². The summed E-state index contributed by atoms with van der Waals surface area (Å²) in [6, 6.07) is 0. The van der Waals surface area contributed by atoms with Gasteiger partial charge in [-0.1, -0.05) is 6.92 Å². The van der Waals surface area contributed by atoms with Crippen LogP contribution in [-0.2, 0) is 0 Å². The molecule has 2 aliphatic carbocycles. The fraction of sp³-hybridized carbons (Fsp3) is 1.00. The van der Waals surface area contributed by atoms with Crippen molar-refractivity contribution in [3.05, 3.63) is 0 Å². The first kappa shape index (κ1) is 6.66. The van der Waals surface area contributed by atoms with E-state index in [2.05, 4.69) is 6.92 Å². The molecule has 0 aromatic rings. The molecule has 0 aromatic carbocycles. The highest BCUT2D eigenvalue weighted by atomic mass is 16.3. The maximum Gasteiger partial charge on any atom is 0.0568 e. The lowest BCUT2D eigenvalue weighted by Crippen LogP contribution is -2.27. The molecule has 0 unspecified atom stereocenters. The van der Waals surface area contributed by atoms with E-state index < -0.39 is 0 Å². The predicted molar refractivity (Wildman–Crippen MR) is 40.7 cm³/mol. The topological polar surface area (TPSA) is 20.2 Å². The number of fused-ring (bicyclic) bond motifs is 2. The van der Waals surface area contributed by atoms with Crippen LogP contribution in [0.25, 0.3) is 0 Å². The van der Waals surface area contributed by atoms with Crippen molar-refractivity contribution in [3.8, 4) is 0 Å². The number of hydrogen-bond donors (Lipinski definition) is 1. The van der Waals surface area contributed by atoms with Gasteiger partial charge in [0.05, 0.1) is 6.10 Å². The van der Waals surface area contributed by atoms with Crippen LogP contribution in [0.1, 0.15) is 39.0 Å². The largest absolute Gasteiger partial charge is 0.393 e. The second-order valence-corrected chi connectivity index (χ2v) is 4.42. The van der Waals surface area contributed by atoms with Crippen LogP contribution in [0.3, 0.4) is 0 Å². The van der Waals surface area contributed by atoms with Crippen LogP contribution >= 0.6 is 0 Å². The minimum Gasteiger partial charge on any atom is -0.393 e. The third-order valence-electron chi connectivity index (χ3n) is 3.46. The Morgan fingerprint density at radius 2 is 2.00 bits per heavy atom. The molecular formula is C9H16O. The Morgan fingerprint density at radius 3 is 2.70 bits per heavy atom.